The maximum atomic E-state index is 13.3. The fraction of sp³-hybridized carbons (Fsp3) is 0.607. The van der Waals surface area contributed by atoms with Crippen LogP contribution in [-0.4, -0.2) is 59.9 Å². The predicted molar refractivity (Wildman–Crippen MR) is 140 cm³/mol. The quantitative estimate of drug-likeness (QED) is 0.453. The van der Waals surface area contributed by atoms with Crippen LogP contribution in [0, 0.1) is 22.7 Å². The van der Waals surface area contributed by atoms with Crippen molar-refractivity contribution in [3.05, 3.63) is 35.9 Å². The highest BCUT2D eigenvalue weighted by Crippen LogP contribution is 2.24. The lowest BCUT2D eigenvalue weighted by molar-refractivity contribution is -0.132. The van der Waals surface area contributed by atoms with Crippen molar-refractivity contribution in [3.63, 3.8) is 0 Å². The topological polar surface area (TPSA) is 141 Å². The Balaban J connectivity index is 1.62. The first-order valence-electron chi connectivity index (χ1n) is 13.3. The second-order valence-electron chi connectivity index (χ2n) is 11.3. The monoisotopic (exact) mass is 525 g/mol. The number of hydrogen-bond acceptors (Lipinski definition) is 6. The van der Waals surface area contributed by atoms with Gasteiger partial charge >= 0.3 is 6.09 Å². The number of carbonyl (C=O) groups is 4. The molecule has 3 rings (SSSR count). The van der Waals surface area contributed by atoms with E-state index in [0.717, 1.165) is 12.0 Å². The number of likely N-dealkylation sites (tertiary alicyclic amines) is 1. The van der Waals surface area contributed by atoms with Crippen LogP contribution >= 0.6 is 0 Å². The number of rotatable bonds is 9. The van der Waals surface area contributed by atoms with E-state index in [0.29, 0.717) is 38.8 Å². The average molecular weight is 526 g/mol. The Labute approximate surface area is 224 Å². The second-order valence-corrected chi connectivity index (χ2v) is 11.3. The van der Waals surface area contributed by atoms with Crippen molar-refractivity contribution in [2.45, 2.75) is 84.0 Å². The molecule has 2 heterocycles. The minimum Gasteiger partial charge on any atom is -0.445 e. The van der Waals surface area contributed by atoms with Gasteiger partial charge in [-0.05, 0) is 49.5 Å². The molecule has 0 bridgehead atoms. The molecule has 2 aliphatic heterocycles. The molecule has 4 amide bonds. The zero-order valence-electron chi connectivity index (χ0n) is 22.5. The SMILES string of the molecule is CC(C)(C)C[C@H](NC(=O)[C@@H]1CCCN1C(=O)OCc1ccccc1)C(=O)N[C@H](C#N)C[C@@H]1CCCNC1=O. The highest BCUT2D eigenvalue weighted by molar-refractivity contribution is 5.92. The number of benzene rings is 1. The van der Waals surface area contributed by atoms with Crippen molar-refractivity contribution < 1.29 is 23.9 Å². The van der Waals surface area contributed by atoms with E-state index in [4.69, 9.17) is 4.74 Å². The summed E-state index contributed by atoms with van der Waals surface area (Å²) in [6.07, 6.45) is 2.59. The number of nitriles is 1. The standard InChI is InChI=1S/C28H39N5O5/c1-28(2,3)16-22(25(35)31-21(17-29)15-20-11-7-13-30-24(20)34)32-26(36)23-12-8-14-33(23)27(37)38-18-19-9-5-4-6-10-19/h4-6,9-10,20-23H,7-8,11-16,18H2,1-3H3,(H,30,34)(H,31,35)(H,32,36)/t20-,21-,22-,23-/m0/s1. The van der Waals surface area contributed by atoms with Gasteiger partial charge in [-0.3, -0.25) is 19.3 Å². The fourth-order valence-corrected chi connectivity index (χ4v) is 4.91. The van der Waals surface area contributed by atoms with Crippen molar-refractivity contribution in [1.29, 1.82) is 5.26 Å². The van der Waals surface area contributed by atoms with Crippen molar-refractivity contribution in [2.24, 2.45) is 11.3 Å². The van der Waals surface area contributed by atoms with Crippen LogP contribution in [-0.2, 0) is 25.7 Å². The van der Waals surface area contributed by atoms with Crippen LogP contribution in [0.5, 0.6) is 0 Å². The number of nitrogens with zero attached hydrogens (tertiary/aromatic N) is 2. The summed E-state index contributed by atoms with van der Waals surface area (Å²) in [6, 6.07) is 8.88. The van der Waals surface area contributed by atoms with Gasteiger partial charge in [0.1, 0.15) is 24.7 Å². The van der Waals surface area contributed by atoms with Crippen LogP contribution in [0.4, 0.5) is 4.79 Å². The third-order valence-corrected chi connectivity index (χ3v) is 6.84. The van der Waals surface area contributed by atoms with Gasteiger partial charge in [0.2, 0.25) is 17.7 Å². The summed E-state index contributed by atoms with van der Waals surface area (Å²) >= 11 is 0. The molecule has 0 saturated carbocycles. The Hall–Kier alpha value is -3.61. The van der Waals surface area contributed by atoms with Gasteiger partial charge in [-0.1, -0.05) is 51.1 Å². The summed E-state index contributed by atoms with van der Waals surface area (Å²) in [4.78, 5) is 52.8. The lowest BCUT2D eigenvalue weighted by Gasteiger charge is -2.30. The molecule has 0 aromatic heterocycles. The van der Waals surface area contributed by atoms with E-state index in [9.17, 15) is 24.4 Å². The maximum Gasteiger partial charge on any atom is 0.410 e. The van der Waals surface area contributed by atoms with Gasteiger partial charge in [-0.2, -0.15) is 5.26 Å². The summed E-state index contributed by atoms with van der Waals surface area (Å²) < 4.78 is 5.43. The van der Waals surface area contributed by atoms with Gasteiger partial charge in [0.05, 0.1) is 6.07 Å². The highest BCUT2D eigenvalue weighted by Gasteiger charge is 2.38. The summed E-state index contributed by atoms with van der Waals surface area (Å²) in [5.41, 5.74) is 0.547. The van der Waals surface area contributed by atoms with Gasteiger partial charge in [0.25, 0.3) is 0 Å². The number of ether oxygens (including phenoxy) is 1. The first-order chi connectivity index (χ1) is 18.1. The predicted octanol–water partition coefficient (Wildman–Crippen LogP) is 2.63. The molecule has 0 radical (unpaired) electrons. The molecule has 4 atom stereocenters. The largest absolute Gasteiger partial charge is 0.445 e. The molecule has 0 unspecified atom stereocenters. The summed E-state index contributed by atoms with van der Waals surface area (Å²) in [7, 11) is 0. The van der Waals surface area contributed by atoms with Crippen molar-refractivity contribution in [3.8, 4) is 6.07 Å². The molecule has 206 valence electrons. The number of carbonyl (C=O) groups excluding carboxylic acids is 4. The van der Waals surface area contributed by atoms with Gasteiger partial charge in [-0.25, -0.2) is 4.79 Å². The zero-order valence-corrected chi connectivity index (χ0v) is 22.5. The molecule has 0 aliphatic carbocycles. The van der Waals surface area contributed by atoms with Crippen LogP contribution in [0.1, 0.15) is 64.9 Å². The third kappa shape index (κ3) is 8.47. The van der Waals surface area contributed by atoms with Crippen molar-refractivity contribution in [1.82, 2.24) is 20.9 Å². The van der Waals surface area contributed by atoms with Crippen LogP contribution in [0.25, 0.3) is 0 Å². The molecule has 10 nitrogen and oxygen atoms in total. The highest BCUT2D eigenvalue weighted by atomic mass is 16.6. The first-order valence-corrected chi connectivity index (χ1v) is 13.3. The second kappa shape index (κ2) is 13.3. The summed E-state index contributed by atoms with van der Waals surface area (Å²) in [6.45, 7) is 6.98. The Morgan fingerprint density at radius 2 is 1.89 bits per heavy atom. The molecule has 38 heavy (non-hydrogen) atoms. The Morgan fingerprint density at radius 1 is 1.16 bits per heavy atom. The summed E-state index contributed by atoms with van der Waals surface area (Å²) in [5, 5.41) is 18.0. The van der Waals surface area contributed by atoms with Crippen molar-refractivity contribution in [2.75, 3.05) is 13.1 Å². The van der Waals surface area contributed by atoms with Crippen LogP contribution < -0.4 is 16.0 Å². The van der Waals surface area contributed by atoms with E-state index in [-0.39, 0.29) is 30.3 Å². The lowest BCUT2D eigenvalue weighted by Crippen LogP contribution is -2.55. The molecule has 2 saturated heterocycles. The lowest BCUT2D eigenvalue weighted by atomic mass is 9.87. The molecular weight excluding hydrogens is 486 g/mol. The zero-order chi connectivity index (χ0) is 27.7. The van der Waals surface area contributed by atoms with E-state index in [1.54, 1.807) is 0 Å². The molecule has 10 heteroatoms. The first kappa shape index (κ1) is 29.0. The van der Waals surface area contributed by atoms with Gasteiger partial charge in [0.15, 0.2) is 0 Å². The maximum absolute atomic E-state index is 13.3. The van der Waals surface area contributed by atoms with E-state index in [1.165, 1.54) is 4.90 Å². The number of nitrogens with one attached hydrogen (secondary N) is 3. The minimum atomic E-state index is -0.902. The molecule has 2 fully saturated rings. The van der Waals surface area contributed by atoms with Crippen LogP contribution in [0.15, 0.2) is 30.3 Å². The molecule has 1 aromatic carbocycles. The van der Waals surface area contributed by atoms with E-state index in [1.807, 2.05) is 51.1 Å². The third-order valence-electron chi connectivity index (χ3n) is 6.84. The fourth-order valence-electron chi connectivity index (χ4n) is 4.91. The Morgan fingerprint density at radius 3 is 2.55 bits per heavy atom. The number of hydrogen-bond donors (Lipinski definition) is 3. The van der Waals surface area contributed by atoms with Gasteiger partial charge in [-0.15, -0.1) is 0 Å². The Kier molecular flexibility index (Phi) is 10.1. The number of amides is 4. The molecule has 1 aromatic rings. The Bertz CT molecular complexity index is 1030. The van der Waals surface area contributed by atoms with E-state index in [2.05, 4.69) is 22.0 Å². The van der Waals surface area contributed by atoms with Crippen LogP contribution in [0.3, 0.4) is 0 Å². The average Bonchev–Trinajstić information content (AvgIpc) is 3.38. The molecule has 3 N–H and O–H groups in total. The van der Waals surface area contributed by atoms with Gasteiger partial charge in [0, 0.05) is 19.0 Å². The number of piperidine rings is 1. The molecule has 2 aliphatic rings. The smallest absolute Gasteiger partial charge is 0.410 e. The van der Waals surface area contributed by atoms with E-state index < -0.39 is 36.0 Å². The van der Waals surface area contributed by atoms with E-state index >= 15 is 0 Å². The molecular formula is C28H39N5O5. The van der Waals surface area contributed by atoms with Crippen molar-refractivity contribution >= 4 is 23.8 Å². The normalized spacial score (nSPS) is 21.0. The van der Waals surface area contributed by atoms with Crippen LogP contribution in [0.2, 0.25) is 0 Å². The minimum absolute atomic E-state index is 0.105. The summed E-state index contributed by atoms with van der Waals surface area (Å²) in [5.74, 6) is -1.35. The van der Waals surface area contributed by atoms with Gasteiger partial charge < -0.3 is 20.7 Å². The molecule has 0 spiro atoms.